The number of hydrogen-bond donors (Lipinski definition) is 1. The zero-order chi connectivity index (χ0) is 16.2. The van der Waals surface area contributed by atoms with Crippen molar-refractivity contribution in [2.75, 3.05) is 14.1 Å². The van der Waals surface area contributed by atoms with Gasteiger partial charge in [-0.25, -0.2) is 12.7 Å². The van der Waals surface area contributed by atoms with E-state index in [0.29, 0.717) is 11.4 Å². The van der Waals surface area contributed by atoms with Crippen LogP contribution in [0.2, 0.25) is 0 Å². The molecule has 0 radical (unpaired) electrons. The maximum Gasteiger partial charge on any atom is 0.242 e. The molecule has 0 amide bonds. The molecule has 6 heteroatoms. The molecule has 0 bridgehead atoms. The highest BCUT2D eigenvalue weighted by Crippen LogP contribution is 2.16. The van der Waals surface area contributed by atoms with Crippen LogP contribution >= 0.6 is 0 Å². The predicted molar refractivity (Wildman–Crippen MR) is 86.8 cm³/mol. The number of nitrogens with zero attached hydrogens (tertiary/aromatic N) is 2. The van der Waals surface area contributed by atoms with E-state index in [1.807, 2.05) is 31.2 Å². The van der Waals surface area contributed by atoms with Crippen molar-refractivity contribution >= 4 is 10.0 Å². The van der Waals surface area contributed by atoms with Crippen LogP contribution < -0.4 is 5.32 Å². The lowest BCUT2D eigenvalue weighted by molar-refractivity contribution is 0.520. The van der Waals surface area contributed by atoms with Crippen molar-refractivity contribution in [2.45, 2.75) is 24.4 Å². The topological polar surface area (TPSA) is 62.3 Å². The molecule has 0 saturated carbocycles. The number of benzene rings is 1. The van der Waals surface area contributed by atoms with Crippen LogP contribution in [0.25, 0.3) is 0 Å². The second-order valence-corrected chi connectivity index (χ2v) is 7.44. The Morgan fingerprint density at radius 2 is 1.95 bits per heavy atom. The van der Waals surface area contributed by atoms with Gasteiger partial charge in [-0.2, -0.15) is 0 Å². The largest absolute Gasteiger partial charge is 0.305 e. The van der Waals surface area contributed by atoms with Gasteiger partial charge in [0.25, 0.3) is 0 Å². The minimum absolute atomic E-state index is 0.0929. The lowest BCUT2D eigenvalue weighted by Gasteiger charge is -2.15. The van der Waals surface area contributed by atoms with Gasteiger partial charge in [-0.3, -0.25) is 4.98 Å². The molecule has 2 rings (SSSR count). The van der Waals surface area contributed by atoms with Crippen LogP contribution in [0.5, 0.6) is 0 Å². The van der Waals surface area contributed by atoms with Gasteiger partial charge in [0.2, 0.25) is 10.0 Å². The zero-order valence-electron chi connectivity index (χ0n) is 13.0. The lowest BCUT2D eigenvalue weighted by Crippen LogP contribution is -2.23. The van der Waals surface area contributed by atoms with E-state index in [-0.39, 0.29) is 6.04 Å². The van der Waals surface area contributed by atoms with Crippen molar-refractivity contribution < 1.29 is 8.42 Å². The van der Waals surface area contributed by atoms with E-state index in [1.54, 1.807) is 24.4 Å². The fraction of sp³-hybridized carbons (Fsp3) is 0.312. The van der Waals surface area contributed by atoms with Gasteiger partial charge in [0.1, 0.15) is 0 Å². The summed E-state index contributed by atoms with van der Waals surface area (Å²) in [5.41, 5.74) is 1.88. The van der Waals surface area contributed by atoms with E-state index < -0.39 is 10.0 Å². The highest BCUT2D eigenvalue weighted by atomic mass is 32.2. The highest BCUT2D eigenvalue weighted by molar-refractivity contribution is 7.89. The second-order valence-electron chi connectivity index (χ2n) is 5.29. The fourth-order valence-electron chi connectivity index (χ4n) is 2.03. The number of aromatic nitrogens is 1. The lowest BCUT2D eigenvalue weighted by atomic mass is 10.2. The Morgan fingerprint density at radius 1 is 1.18 bits per heavy atom. The first-order valence-corrected chi connectivity index (χ1v) is 8.51. The number of sulfonamides is 1. The van der Waals surface area contributed by atoms with Crippen molar-refractivity contribution in [3.63, 3.8) is 0 Å². The van der Waals surface area contributed by atoms with Gasteiger partial charge in [0.15, 0.2) is 0 Å². The Labute approximate surface area is 132 Å². The Kier molecular flexibility index (Phi) is 5.28. The average Bonchev–Trinajstić information content (AvgIpc) is 2.53. The molecule has 0 spiro atoms. The van der Waals surface area contributed by atoms with E-state index >= 15 is 0 Å². The third-order valence-corrected chi connectivity index (χ3v) is 5.23. The third-order valence-electron chi connectivity index (χ3n) is 3.42. The molecule has 1 aromatic heterocycles. The monoisotopic (exact) mass is 319 g/mol. The molecule has 0 aliphatic carbocycles. The molecule has 0 saturated heterocycles. The molecule has 118 valence electrons. The van der Waals surface area contributed by atoms with E-state index in [4.69, 9.17) is 0 Å². The third kappa shape index (κ3) is 3.91. The van der Waals surface area contributed by atoms with Crippen molar-refractivity contribution in [3.8, 4) is 0 Å². The SMILES string of the molecule is C[C@H](NCc1cccc(S(=O)(=O)N(C)C)c1)c1ccccn1. The fourth-order valence-corrected chi connectivity index (χ4v) is 3.01. The molecular weight excluding hydrogens is 298 g/mol. The van der Waals surface area contributed by atoms with Crippen molar-refractivity contribution in [1.82, 2.24) is 14.6 Å². The minimum Gasteiger partial charge on any atom is -0.305 e. The summed E-state index contributed by atoms with van der Waals surface area (Å²) in [6.45, 7) is 2.61. The Balaban J connectivity index is 2.09. The Bertz CT molecular complexity index is 715. The molecule has 1 N–H and O–H groups in total. The highest BCUT2D eigenvalue weighted by Gasteiger charge is 2.17. The van der Waals surface area contributed by atoms with E-state index in [2.05, 4.69) is 10.3 Å². The average molecular weight is 319 g/mol. The summed E-state index contributed by atoms with van der Waals surface area (Å²) >= 11 is 0. The predicted octanol–water partition coefficient (Wildman–Crippen LogP) is 2.18. The van der Waals surface area contributed by atoms with Crippen molar-refractivity contribution in [3.05, 3.63) is 59.9 Å². The molecule has 0 aliphatic rings. The summed E-state index contributed by atoms with van der Waals surface area (Å²) < 4.78 is 25.5. The van der Waals surface area contributed by atoms with Crippen LogP contribution in [-0.4, -0.2) is 31.8 Å². The number of hydrogen-bond acceptors (Lipinski definition) is 4. The summed E-state index contributed by atoms with van der Waals surface area (Å²) in [4.78, 5) is 4.61. The van der Waals surface area contributed by atoms with Crippen LogP contribution in [0.3, 0.4) is 0 Å². The standard InChI is InChI=1S/C16H21N3O2S/c1-13(16-9-4-5-10-17-16)18-12-14-7-6-8-15(11-14)22(20,21)19(2)3/h4-11,13,18H,12H2,1-3H3/t13-/m0/s1. The summed E-state index contributed by atoms with van der Waals surface area (Å²) in [7, 11) is -0.335. The molecule has 1 atom stereocenters. The van der Waals surface area contributed by atoms with Crippen LogP contribution in [0.15, 0.2) is 53.6 Å². The van der Waals surface area contributed by atoms with E-state index in [9.17, 15) is 8.42 Å². The molecule has 1 aromatic carbocycles. The van der Waals surface area contributed by atoms with Gasteiger partial charge in [-0.1, -0.05) is 18.2 Å². The molecule has 0 unspecified atom stereocenters. The molecule has 0 fully saturated rings. The first kappa shape index (κ1) is 16.6. The summed E-state index contributed by atoms with van der Waals surface area (Å²) in [6, 6.07) is 12.9. The molecular formula is C16H21N3O2S. The van der Waals surface area contributed by atoms with E-state index in [1.165, 1.54) is 18.4 Å². The molecule has 0 aliphatic heterocycles. The zero-order valence-corrected chi connectivity index (χ0v) is 13.8. The second kappa shape index (κ2) is 7.00. The van der Waals surface area contributed by atoms with Crippen molar-refractivity contribution in [2.24, 2.45) is 0 Å². The molecule has 1 heterocycles. The van der Waals surface area contributed by atoms with Gasteiger partial charge in [0.05, 0.1) is 10.6 Å². The molecule has 22 heavy (non-hydrogen) atoms. The smallest absolute Gasteiger partial charge is 0.242 e. The molecule has 5 nitrogen and oxygen atoms in total. The maximum atomic E-state index is 12.1. The van der Waals surface area contributed by atoms with Crippen LogP contribution in [0, 0.1) is 0 Å². The summed E-state index contributed by atoms with van der Waals surface area (Å²) in [6.07, 6.45) is 1.76. The summed E-state index contributed by atoms with van der Waals surface area (Å²) in [5.74, 6) is 0. The summed E-state index contributed by atoms with van der Waals surface area (Å²) in [5, 5.41) is 3.35. The van der Waals surface area contributed by atoms with Gasteiger partial charge in [0, 0.05) is 32.9 Å². The normalized spacial score (nSPS) is 13.3. The van der Waals surface area contributed by atoms with Gasteiger partial charge >= 0.3 is 0 Å². The Hall–Kier alpha value is -1.76. The van der Waals surface area contributed by atoms with Crippen LogP contribution in [0.4, 0.5) is 0 Å². The van der Waals surface area contributed by atoms with Gasteiger partial charge in [-0.05, 0) is 36.8 Å². The van der Waals surface area contributed by atoms with Gasteiger partial charge in [-0.15, -0.1) is 0 Å². The number of nitrogens with one attached hydrogen (secondary N) is 1. The van der Waals surface area contributed by atoms with Crippen LogP contribution in [-0.2, 0) is 16.6 Å². The number of rotatable bonds is 6. The van der Waals surface area contributed by atoms with Crippen LogP contribution in [0.1, 0.15) is 24.2 Å². The first-order chi connectivity index (χ1) is 10.4. The quantitative estimate of drug-likeness (QED) is 0.886. The Morgan fingerprint density at radius 3 is 2.59 bits per heavy atom. The number of pyridine rings is 1. The minimum atomic E-state index is -3.40. The van der Waals surface area contributed by atoms with Crippen molar-refractivity contribution in [1.29, 1.82) is 0 Å². The maximum absolute atomic E-state index is 12.1. The first-order valence-electron chi connectivity index (χ1n) is 7.07. The van der Waals surface area contributed by atoms with E-state index in [0.717, 1.165) is 11.3 Å². The molecule has 2 aromatic rings. The van der Waals surface area contributed by atoms with Gasteiger partial charge < -0.3 is 5.32 Å².